The van der Waals surface area contributed by atoms with Gasteiger partial charge in [0.15, 0.2) is 5.78 Å². The number of aromatic nitrogens is 1. The van der Waals surface area contributed by atoms with Gasteiger partial charge in [-0.25, -0.2) is 9.78 Å². The van der Waals surface area contributed by atoms with E-state index in [2.05, 4.69) is 15.0 Å². The van der Waals surface area contributed by atoms with E-state index in [0.29, 0.717) is 22.4 Å². The van der Waals surface area contributed by atoms with Gasteiger partial charge in [0.25, 0.3) is 5.91 Å². The van der Waals surface area contributed by atoms with Crippen LogP contribution in [0, 0.1) is 0 Å². The van der Waals surface area contributed by atoms with Crippen molar-refractivity contribution in [1.82, 2.24) is 4.98 Å². The van der Waals surface area contributed by atoms with Crippen LogP contribution in [-0.2, 0) is 4.74 Å². The molecule has 0 aliphatic heterocycles. The first-order chi connectivity index (χ1) is 13.1. The summed E-state index contributed by atoms with van der Waals surface area (Å²) in [6.45, 7) is 0. The van der Waals surface area contributed by atoms with E-state index in [1.165, 1.54) is 19.4 Å². The van der Waals surface area contributed by atoms with Crippen LogP contribution in [0.15, 0.2) is 72.9 Å². The van der Waals surface area contributed by atoms with Gasteiger partial charge >= 0.3 is 5.97 Å². The Morgan fingerprint density at radius 3 is 2.15 bits per heavy atom. The van der Waals surface area contributed by atoms with E-state index in [9.17, 15) is 14.4 Å². The van der Waals surface area contributed by atoms with Crippen molar-refractivity contribution in [3.8, 4) is 0 Å². The highest BCUT2D eigenvalue weighted by Gasteiger charge is 2.12. The molecule has 0 saturated heterocycles. The quantitative estimate of drug-likeness (QED) is 0.557. The Labute approximate surface area is 155 Å². The molecule has 6 heteroatoms. The highest BCUT2D eigenvalue weighted by atomic mass is 16.5. The van der Waals surface area contributed by atoms with Gasteiger partial charge < -0.3 is 10.1 Å². The predicted molar refractivity (Wildman–Crippen MR) is 99.8 cm³/mol. The summed E-state index contributed by atoms with van der Waals surface area (Å²) in [5, 5.41) is 2.69. The lowest BCUT2D eigenvalue weighted by atomic mass is 10.0. The van der Waals surface area contributed by atoms with Crippen molar-refractivity contribution in [3.63, 3.8) is 0 Å². The lowest BCUT2D eigenvalue weighted by Crippen LogP contribution is -2.13. The first-order valence-corrected chi connectivity index (χ1v) is 8.14. The minimum atomic E-state index is -0.588. The van der Waals surface area contributed by atoms with Crippen LogP contribution >= 0.6 is 0 Å². The summed E-state index contributed by atoms with van der Waals surface area (Å²) in [6.07, 6.45) is 1.41. The standard InChI is InChI=1S/C21H16N2O4/c1-27-21(26)18-13-17(11-12-22-18)23-20(25)16-9-7-15(8-10-16)19(24)14-5-3-2-4-6-14/h2-13H,1H3,(H,22,23,25). The van der Waals surface area contributed by atoms with Gasteiger partial charge in [0.05, 0.1) is 7.11 Å². The molecule has 3 aromatic rings. The zero-order valence-corrected chi connectivity index (χ0v) is 14.5. The second kappa shape index (κ2) is 8.05. The van der Waals surface area contributed by atoms with Crippen LogP contribution in [0.5, 0.6) is 0 Å². The SMILES string of the molecule is COC(=O)c1cc(NC(=O)c2ccc(C(=O)c3ccccc3)cc2)ccn1. The summed E-state index contributed by atoms with van der Waals surface area (Å²) in [5.74, 6) is -1.06. The monoisotopic (exact) mass is 360 g/mol. The molecule has 3 rings (SSSR count). The second-order valence-electron chi connectivity index (χ2n) is 5.65. The maximum Gasteiger partial charge on any atom is 0.356 e. The molecule has 27 heavy (non-hydrogen) atoms. The largest absolute Gasteiger partial charge is 0.464 e. The number of nitrogens with one attached hydrogen (secondary N) is 1. The number of nitrogens with zero attached hydrogens (tertiary/aromatic N) is 1. The van der Waals surface area contributed by atoms with E-state index in [4.69, 9.17) is 0 Å². The van der Waals surface area contributed by atoms with Crippen LogP contribution in [0.25, 0.3) is 0 Å². The fourth-order valence-electron chi connectivity index (χ4n) is 2.46. The zero-order valence-electron chi connectivity index (χ0n) is 14.5. The molecule has 0 bridgehead atoms. The second-order valence-corrected chi connectivity index (χ2v) is 5.65. The molecule has 0 aliphatic carbocycles. The van der Waals surface area contributed by atoms with Gasteiger partial charge in [-0.1, -0.05) is 42.5 Å². The van der Waals surface area contributed by atoms with Gasteiger partial charge in [-0.3, -0.25) is 9.59 Å². The number of ketones is 1. The van der Waals surface area contributed by atoms with Gasteiger partial charge in [0.2, 0.25) is 0 Å². The average molecular weight is 360 g/mol. The molecular formula is C21H16N2O4. The third-order valence-corrected chi connectivity index (χ3v) is 3.86. The van der Waals surface area contributed by atoms with Crippen molar-refractivity contribution in [2.24, 2.45) is 0 Å². The Balaban J connectivity index is 1.73. The maximum absolute atomic E-state index is 12.4. The van der Waals surface area contributed by atoms with Gasteiger partial charge in [-0.2, -0.15) is 0 Å². The number of pyridine rings is 1. The Hall–Kier alpha value is -3.80. The Morgan fingerprint density at radius 1 is 0.852 bits per heavy atom. The van der Waals surface area contributed by atoms with Gasteiger partial charge in [0.1, 0.15) is 5.69 Å². The lowest BCUT2D eigenvalue weighted by Gasteiger charge is -2.07. The fraction of sp³-hybridized carbons (Fsp3) is 0.0476. The number of hydrogen-bond donors (Lipinski definition) is 1. The Kier molecular flexibility index (Phi) is 5.37. The summed E-state index contributed by atoms with van der Waals surface area (Å²) in [6, 6.07) is 18.3. The fourth-order valence-corrected chi connectivity index (χ4v) is 2.46. The summed E-state index contributed by atoms with van der Waals surface area (Å²) >= 11 is 0. The summed E-state index contributed by atoms with van der Waals surface area (Å²) in [7, 11) is 1.26. The van der Waals surface area contributed by atoms with Crippen molar-refractivity contribution < 1.29 is 19.1 Å². The van der Waals surface area contributed by atoms with E-state index in [0.717, 1.165) is 0 Å². The van der Waals surface area contributed by atoms with Crippen LogP contribution in [0.3, 0.4) is 0 Å². The molecule has 1 aromatic heterocycles. The molecule has 1 heterocycles. The minimum Gasteiger partial charge on any atom is -0.464 e. The molecule has 0 spiro atoms. The number of amides is 1. The van der Waals surface area contributed by atoms with E-state index >= 15 is 0 Å². The highest BCUT2D eigenvalue weighted by Crippen LogP contribution is 2.14. The molecular weight excluding hydrogens is 344 g/mol. The molecule has 134 valence electrons. The number of carbonyl (C=O) groups excluding carboxylic acids is 3. The molecule has 0 radical (unpaired) electrons. The number of esters is 1. The van der Waals surface area contributed by atoms with E-state index in [-0.39, 0.29) is 17.4 Å². The molecule has 6 nitrogen and oxygen atoms in total. The molecule has 0 aliphatic rings. The number of carbonyl (C=O) groups is 3. The van der Waals surface area contributed by atoms with Crippen LogP contribution in [-0.4, -0.2) is 29.8 Å². The van der Waals surface area contributed by atoms with Crippen molar-refractivity contribution in [1.29, 1.82) is 0 Å². The van der Waals surface area contributed by atoms with E-state index in [1.54, 1.807) is 54.6 Å². The molecule has 1 amide bonds. The van der Waals surface area contributed by atoms with E-state index < -0.39 is 5.97 Å². The van der Waals surface area contributed by atoms with Gasteiger partial charge in [-0.15, -0.1) is 0 Å². The summed E-state index contributed by atoms with van der Waals surface area (Å²) in [4.78, 5) is 40.2. The van der Waals surface area contributed by atoms with Crippen LogP contribution in [0.4, 0.5) is 5.69 Å². The number of rotatable bonds is 5. The average Bonchev–Trinajstić information content (AvgIpc) is 2.73. The summed E-state index contributed by atoms with van der Waals surface area (Å²) < 4.78 is 4.61. The number of hydrogen-bond acceptors (Lipinski definition) is 5. The van der Waals surface area contributed by atoms with Crippen LogP contribution in [0.2, 0.25) is 0 Å². The maximum atomic E-state index is 12.4. The van der Waals surface area contributed by atoms with Crippen molar-refractivity contribution in [3.05, 3.63) is 95.3 Å². The normalized spacial score (nSPS) is 10.1. The predicted octanol–water partition coefficient (Wildman–Crippen LogP) is 3.35. The number of anilines is 1. The van der Waals surface area contributed by atoms with Gasteiger partial charge in [-0.05, 0) is 24.3 Å². The number of ether oxygens (including phenoxy) is 1. The van der Waals surface area contributed by atoms with Crippen LogP contribution in [0.1, 0.15) is 36.8 Å². The Morgan fingerprint density at radius 2 is 1.48 bits per heavy atom. The third kappa shape index (κ3) is 4.24. The molecule has 0 unspecified atom stereocenters. The lowest BCUT2D eigenvalue weighted by molar-refractivity contribution is 0.0593. The first-order valence-electron chi connectivity index (χ1n) is 8.14. The zero-order chi connectivity index (χ0) is 19.2. The van der Waals surface area contributed by atoms with Crippen molar-refractivity contribution in [2.45, 2.75) is 0 Å². The van der Waals surface area contributed by atoms with Crippen LogP contribution < -0.4 is 5.32 Å². The van der Waals surface area contributed by atoms with Crippen molar-refractivity contribution >= 4 is 23.3 Å². The first kappa shape index (κ1) is 18.0. The Bertz CT molecular complexity index is 983. The molecule has 2 aromatic carbocycles. The smallest absolute Gasteiger partial charge is 0.356 e. The van der Waals surface area contributed by atoms with E-state index in [1.807, 2.05) is 6.07 Å². The molecule has 0 fully saturated rings. The minimum absolute atomic E-state index is 0.0964. The topological polar surface area (TPSA) is 85.4 Å². The van der Waals surface area contributed by atoms with Gasteiger partial charge in [0, 0.05) is 28.6 Å². The molecule has 0 atom stereocenters. The number of methoxy groups -OCH3 is 1. The third-order valence-electron chi connectivity index (χ3n) is 3.86. The van der Waals surface area contributed by atoms with Crippen molar-refractivity contribution in [2.75, 3.05) is 12.4 Å². The molecule has 1 N–H and O–H groups in total. The summed E-state index contributed by atoms with van der Waals surface area (Å²) in [5.41, 5.74) is 1.98. The molecule has 0 saturated carbocycles. The number of benzene rings is 2. The highest BCUT2D eigenvalue weighted by molar-refractivity contribution is 6.10.